The van der Waals surface area contributed by atoms with E-state index in [-0.39, 0.29) is 13.2 Å². The molecule has 1 heterocycles. The highest BCUT2D eigenvalue weighted by Crippen LogP contribution is 2.31. The highest BCUT2D eigenvalue weighted by atomic mass is 35.5. The van der Waals surface area contributed by atoms with Crippen molar-refractivity contribution < 1.29 is 19.7 Å². The molecule has 24 heavy (non-hydrogen) atoms. The number of halogens is 1. The summed E-state index contributed by atoms with van der Waals surface area (Å²) in [5.41, 5.74) is -1.71. The topological polar surface area (TPSA) is 62.2 Å². The van der Waals surface area contributed by atoms with Gasteiger partial charge in [-0.3, -0.25) is 4.90 Å². The first kappa shape index (κ1) is 18.0. The number of ether oxygens (including phenoxy) is 2. The molecule has 3 rings (SSSR count). The zero-order valence-electron chi connectivity index (χ0n) is 13.9. The van der Waals surface area contributed by atoms with Crippen molar-refractivity contribution in [3.63, 3.8) is 0 Å². The van der Waals surface area contributed by atoms with Crippen LogP contribution in [-0.4, -0.2) is 65.8 Å². The van der Waals surface area contributed by atoms with E-state index in [9.17, 15) is 10.2 Å². The van der Waals surface area contributed by atoms with Crippen LogP contribution in [-0.2, 0) is 4.74 Å². The molecule has 0 radical (unpaired) electrons. The second-order valence-corrected chi connectivity index (χ2v) is 7.60. The van der Waals surface area contributed by atoms with Crippen LogP contribution < -0.4 is 4.74 Å². The van der Waals surface area contributed by atoms with Gasteiger partial charge in [-0.1, -0.05) is 24.4 Å². The molecule has 0 bridgehead atoms. The van der Waals surface area contributed by atoms with Gasteiger partial charge in [0.1, 0.15) is 18.0 Å². The summed E-state index contributed by atoms with van der Waals surface area (Å²) in [6.07, 6.45) is 3.82. The number of nitrogens with zero attached hydrogens (tertiary/aromatic N) is 1. The van der Waals surface area contributed by atoms with Crippen molar-refractivity contribution in [3.8, 4) is 5.75 Å². The molecule has 1 aromatic carbocycles. The average Bonchev–Trinajstić information content (AvgIpc) is 2.88. The molecule has 2 aliphatic rings. The van der Waals surface area contributed by atoms with Gasteiger partial charge in [-0.25, -0.2) is 0 Å². The molecule has 1 atom stereocenters. The maximum atomic E-state index is 10.9. The second-order valence-electron chi connectivity index (χ2n) is 7.16. The van der Waals surface area contributed by atoms with Gasteiger partial charge in [0.15, 0.2) is 0 Å². The molecule has 0 aromatic heterocycles. The van der Waals surface area contributed by atoms with Crippen LogP contribution >= 0.6 is 11.6 Å². The van der Waals surface area contributed by atoms with Crippen LogP contribution in [0.3, 0.4) is 0 Å². The molecule has 0 unspecified atom stereocenters. The van der Waals surface area contributed by atoms with Gasteiger partial charge >= 0.3 is 0 Å². The first-order valence-electron chi connectivity index (χ1n) is 8.60. The quantitative estimate of drug-likeness (QED) is 0.846. The van der Waals surface area contributed by atoms with E-state index in [0.29, 0.717) is 37.0 Å². The highest BCUT2D eigenvalue weighted by Gasteiger charge is 2.38. The van der Waals surface area contributed by atoms with Crippen LogP contribution in [0.4, 0.5) is 0 Å². The summed E-state index contributed by atoms with van der Waals surface area (Å²) < 4.78 is 11.3. The van der Waals surface area contributed by atoms with Crippen LogP contribution in [0.25, 0.3) is 0 Å². The Morgan fingerprint density at radius 1 is 1.12 bits per heavy atom. The van der Waals surface area contributed by atoms with Crippen molar-refractivity contribution in [1.29, 1.82) is 0 Å². The molecule has 134 valence electrons. The Labute approximate surface area is 148 Å². The van der Waals surface area contributed by atoms with Crippen molar-refractivity contribution in [2.75, 3.05) is 39.5 Å². The number of rotatable bonds is 5. The van der Waals surface area contributed by atoms with Crippen molar-refractivity contribution >= 4 is 11.6 Å². The fourth-order valence-electron chi connectivity index (χ4n) is 3.57. The first-order chi connectivity index (χ1) is 11.5. The minimum absolute atomic E-state index is 0.142. The van der Waals surface area contributed by atoms with E-state index in [0.717, 1.165) is 25.7 Å². The SMILES string of the molecule is OC1(CN2CCOC[C@@](O)(COc3ccc(Cl)cc3)C2)CCCC1. The summed E-state index contributed by atoms with van der Waals surface area (Å²) in [6, 6.07) is 7.07. The third kappa shape index (κ3) is 4.83. The van der Waals surface area contributed by atoms with E-state index in [2.05, 4.69) is 4.90 Å². The van der Waals surface area contributed by atoms with E-state index in [1.807, 2.05) is 0 Å². The Hall–Kier alpha value is -0.850. The predicted molar refractivity (Wildman–Crippen MR) is 92.6 cm³/mol. The zero-order chi connectivity index (χ0) is 17.0. The average molecular weight is 356 g/mol. The smallest absolute Gasteiger partial charge is 0.134 e. The molecule has 6 heteroatoms. The Balaban J connectivity index is 1.59. The number of hydrogen-bond acceptors (Lipinski definition) is 5. The van der Waals surface area contributed by atoms with E-state index >= 15 is 0 Å². The lowest BCUT2D eigenvalue weighted by atomic mass is 10.00. The van der Waals surface area contributed by atoms with Crippen molar-refractivity contribution in [2.24, 2.45) is 0 Å². The van der Waals surface area contributed by atoms with Crippen molar-refractivity contribution in [1.82, 2.24) is 4.90 Å². The molecule has 2 fully saturated rings. The minimum Gasteiger partial charge on any atom is -0.490 e. The molecule has 5 nitrogen and oxygen atoms in total. The van der Waals surface area contributed by atoms with Crippen LogP contribution in [0.2, 0.25) is 5.02 Å². The third-order valence-corrected chi connectivity index (χ3v) is 5.07. The maximum absolute atomic E-state index is 10.9. The number of aliphatic hydroxyl groups is 2. The molecule has 2 N–H and O–H groups in total. The summed E-state index contributed by atoms with van der Waals surface area (Å²) >= 11 is 5.87. The standard InChI is InChI=1S/C18H26ClNO4/c19-15-3-5-16(6-4-15)24-14-18(22)12-20(9-10-23-13-18)11-17(21)7-1-2-8-17/h3-6,21-22H,1-2,7-14H2/t18-/m1/s1. The predicted octanol–water partition coefficient (Wildman–Crippen LogP) is 2.09. The van der Waals surface area contributed by atoms with Gasteiger partial charge in [0, 0.05) is 24.7 Å². The Morgan fingerprint density at radius 3 is 2.54 bits per heavy atom. The van der Waals surface area contributed by atoms with Gasteiger partial charge < -0.3 is 19.7 Å². The number of benzene rings is 1. The van der Waals surface area contributed by atoms with Gasteiger partial charge in [0.25, 0.3) is 0 Å². The molecule has 0 amide bonds. The van der Waals surface area contributed by atoms with Gasteiger partial charge in [0.2, 0.25) is 0 Å². The van der Waals surface area contributed by atoms with Gasteiger partial charge in [-0.05, 0) is 37.1 Å². The zero-order valence-corrected chi connectivity index (χ0v) is 14.7. The Kier molecular flexibility index (Phi) is 5.67. The van der Waals surface area contributed by atoms with Crippen LogP contribution in [0, 0.1) is 0 Å². The molecular formula is C18H26ClNO4. The lowest BCUT2D eigenvalue weighted by Gasteiger charge is -2.34. The molecule has 1 aliphatic heterocycles. The van der Waals surface area contributed by atoms with E-state index in [1.165, 1.54) is 0 Å². The molecule has 0 spiro atoms. The first-order valence-corrected chi connectivity index (χ1v) is 8.98. The lowest BCUT2D eigenvalue weighted by molar-refractivity contribution is -0.0712. The molecule has 1 saturated carbocycles. The summed E-state index contributed by atoms with van der Waals surface area (Å²) in [5, 5.41) is 22.2. The molecule has 1 saturated heterocycles. The largest absolute Gasteiger partial charge is 0.490 e. The molecular weight excluding hydrogens is 330 g/mol. The number of hydrogen-bond donors (Lipinski definition) is 2. The van der Waals surface area contributed by atoms with Crippen LogP contribution in [0.5, 0.6) is 5.75 Å². The fraction of sp³-hybridized carbons (Fsp3) is 0.667. The molecule has 1 aliphatic carbocycles. The molecule has 1 aromatic rings. The van der Waals surface area contributed by atoms with Crippen LogP contribution in [0.15, 0.2) is 24.3 Å². The normalized spacial score (nSPS) is 27.8. The van der Waals surface area contributed by atoms with Crippen LogP contribution in [0.1, 0.15) is 25.7 Å². The Bertz CT molecular complexity index is 532. The monoisotopic (exact) mass is 355 g/mol. The van der Waals surface area contributed by atoms with Crippen molar-refractivity contribution in [2.45, 2.75) is 36.9 Å². The van der Waals surface area contributed by atoms with E-state index < -0.39 is 11.2 Å². The summed E-state index contributed by atoms with van der Waals surface area (Å²) in [4.78, 5) is 2.10. The summed E-state index contributed by atoms with van der Waals surface area (Å²) in [5.74, 6) is 0.665. The third-order valence-electron chi connectivity index (χ3n) is 4.81. The summed E-state index contributed by atoms with van der Waals surface area (Å²) in [7, 11) is 0. The highest BCUT2D eigenvalue weighted by molar-refractivity contribution is 6.30. The van der Waals surface area contributed by atoms with Crippen molar-refractivity contribution in [3.05, 3.63) is 29.3 Å². The minimum atomic E-state index is -1.09. The summed E-state index contributed by atoms with van der Waals surface area (Å²) in [6.45, 7) is 2.66. The number of β-amino-alcohol motifs (C(OH)–C–C–N with tert-alkyl or cyclic N) is 2. The maximum Gasteiger partial charge on any atom is 0.134 e. The van der Waals surface area contributed by atoms with E-state index in [1.54, 1.807) is 24.3 Å². The van der Waals surface area contributed by atoms with Gasteiger partial charge in [-0.2, -0.15) is 0 Å². The lowest BCUT2D eigenvalue weighted by Crippen LogP contribution is -2.52. The van der Waals surface area contributed by atoms with Gasteiger partial charge in [-0.15, -0.1) is 0 Å². The van der Waals surface area contributed by atoms with Gasteiger partial charge in [0.05, 0.1) is 18.8 Å². The fourth-order valence-corrected chi connectivity index (χ4v) is 3.70. The second kappa shape index (κ2) is 7.58. The Morgan fingerprint density at radius 2 is 1.83 bits per heavy atom. The van der Waals surface area contributed by atoms with E-state index in [4.69, 9.17) is 21.1 Å².